The van der Waals surface area contributed by atoms with E-state index in [9.17, 15) is 9.59 Å². The van der Waals surface area contributed by atoms with Crippen molar-refractivity contribution in [2.75, 3.05) is 20.8 Å². The van der Waals surface area contributed by atoms with E-state index >= 15 is 0 Å². The van der Waals surface area contributed by atoms with Crippen LogP contribution in [0.2, 0.25) is 0 Å². The quantitative estimate of drug-likeness (QED) is 0.800. The molecule has 0 saturated carbocycles. The van der Waals surface area contributed by atoms with Crippen molar-refractivity contribution in [3.8, 4) is 5.75 Å². The third-order valence-corrected chi connectivity index (χ3v) is 2.65. The molecule has 104 valence electrons. The monoisotopic (exact) mass is 267 g/mol. The molecule has 0 radical (unpaired) electrons. The lowest BCUT2D eigenvalue weighted by Crippen LogP contribution is -2.55. The van der Waals surface area contributed by atoms with Crippen molar-refractivity contribution in [3.05, 3.63) is 29.8 Å². The summed E-state index contributed by atoms with van der Waals surface area (Å²) in [6.45, 7) is 1.27. The van der Waals surface area contributed by atoms with Crippen LogP contribution >= 0.6 is 0 Å². The van der Waals surface area contributed by atoms with Gasteiger partial charge in [0.15, 0.2) is 5.54 Å². The number of carboxylic acid groups (broad SMARTS) is 1. The van der Waals surface area contributed by atoms with Crippen molar-refractivity contribution in [2.24, 2.45) is 0 Å². The Hall–Kier alpha value is -2.08. The van der Waals surface area contributed by atoms with Gasteiger partial charge in [-0.2, -0.15) is 0 Å². The highest BCUT2D eigenvalue weighted by Gasteiger charge is 2.35. The van der Waals surface area contributed by atoms with Crippen LogP contribution in [-0.2, 0) is 9.53 Å². The van der Waals surface area contributed by atoms with Crippen LogP contribution in [0.25, 0.3) is 0 Å². The first-order valence-electron chi connectivity index (χ1n) is 5.62. The molecule has 6 nitrogen and oxygen atoms in total. The first-order chi connectivity index (χ1) is 8.92. The third-order valence-electron chi connectivity index (χ3n) is 2.65. The van der Waals surface area contributed by atoms with Gasteiger partial charge in [-0.3, -0.25) is 4.79 Å². The zero-order valence-corrected chi connectivity index (χ0v) is 11.1. The minimum Gasteiger partial charge on any atom is -0.497 e. The summed E-state index contributed by atoms with van der Waals surface area (Å²) in [6, 6.07) is 6.37. The van der Waals surface area contributed by atoms with Crippen LogP contribution in [-0.4, -0.2) is 43.3 Å². The summed E-state index contributed by atoms with van der Waals surface area (Å²) >= 11 is 0. The summed E-state index contributed by atoms with van der Waals surface area (Å²) in [5.41, 5.74) is -1.12. The average Bonchev–Trinajstić information content (AvgIpc) is 2.38. The van der Waals surface area contributed by atoms with Gasteiger partial charge in [-0.05, 0) is 31.2 Å². The Labute approximate surface area is 111 Å². The van der Waals surface area contributed by atoms with Gasteiger partial charge in [0.05, 0.1) is 13.7 Å². The molecule has 0 aliphatic rings. The van der Waals surface area contributed by atoms with E-state index in [0.29, 0.717) is 11.3 Å². The first kappa shape index (κ1) is 15.0. The van der Waals surface area contributed by atoms with Crippen molar-refractivity contribution in [3.63, 3.8) is 0 Å². The molecule has 6 heteroatoms. The lowest BCUT2D eigenvalue weighted by Gasteiger charge is -2.25. The third kappa shape index (κ3) is 3.69. The number of methoxy groups -OCH3 is 2. The molecule has 1 atom stereocenters. The van der Waals surface area contributed by atoms with Crippen LogP contribution in [0.3, 0.4) is 0 Å². The summed E-state index contributed by atoms with van der Waals surface area (Å²) in [4.78, 5) is 23.1. The van der Waals surface area contributed by atoms with Crippen molar-refractivity contribution in [1.82, 2.24) is 5.32 Å². The van der Waals surface area contributed by atoms with E-state index in [1.54, 1.807) is 24.3 Å². The van der Waals surface area contributed by atoms with E-state index in [1.807, 2.05) is 0 Å². The number of carbonyl (C=O) groups excluding carboxylic acids is 1. The molecule has 1 aromatic rings. The maximum Gasteiger partial charge on any atom is 0.331 e. The van der Waals surface area contributed by atoms with Gasteiger partial charge in [-0.25, -0.2) is 4.79 Å². The molecular weight excluding hydrogens is 250 g/mol. The van der Waals surface area contributed by atoms with Crippen LogP contribution in [0.15, 0.2) is 24.3 Å². The lowest BCUT2D eigenvalue weighted by molar-refractivity contribution is -0.145. The number of amides is 1. The highest BCUT2D eigenvalue weighted by Crippen LogP contribution is 2.13. The van der Waals surface area contributed by atoms with E-state index in [1.165, 1.54) is 21.1 Å². The number of hydrogen-bond donors (Lipinski definition) is 2. The molecule has 1 aromatic carbocycles. The summed E-state index contributed by atoms with van der Waals surface area (Å²) in [7, 11) is 2.90. The molecule has 19 heavy (non-hydrogen) atoms. The number of carbonyl (C=O) groups is 2. The summed E-state index contributed by atoms with van der Waals surface area (Å²) in [6.07, 6.45) is 0. The van der Waals surface area contributed by atoms with E-state index in [2.05, 4.69) is 5.32 Å². The number of aliphatic carboxylic acids is 1. The summed E-state index contributed by atoms with van der Waals surface area (Å²) in [5.74, 6) is -1.02. The van der Waals surface area contributed by atoms with Crippen molar-refractivity contribution in [2.45, 2.75) is 12.5 Å². The standard InChI is InChI=1S/C13H17NO5/c1-13(8-18-2,12(16)17)14-11(15)9-4-6-10(19-3)7-5-9/h4-7H,8H2,1-3H3,(H,14,15)(H,16,17). The molecule has 2 N–H and O–H groups in total. The highest BCUT2D eigenvalue weighted by atomic mass is 16.5. The maximum absolute atomic E-state index is 12.0. The number of carboxylic acids is 1. The normalized spacial score (nSPS) is 13.4. The Kier molecular flexibility index (Phi) is 4.88. The Morgan fingerprint density at radius 3 is 2.26 bits per heavy atom. The van der Waals surface area contributed by atoms with Crippen molar-refractivity contribution < 1.29 is 24.2 Å². The van der Waals surface area contributed by atoms with E-state index in [4.69, 9.17) is 14.6 Å². The molecular formula is C13H17NO5. The van der Waals surface area contributed by atoms with Gasteiger partial charge in [-0.15, -0.1) is 0 Å². The van der Waals surface area contributed by atoms with E-state index < -0.39 is 17.4 Å². The predicted octanol–water partition coefficient (Wildman–Crippen LogP) is 0.915. The van der Waals surface area contributed by atoms with Crippen LogP contribution in [0.1, 0.15) is 17.3 Å². The molecule has 0 aliphatic heterocycles. The molecule has 0 spiro atoms. The second-order valence-corrected chi connectivity index (χ2v) is 4.25. The predicted molar refractivity (Wildman–Crippen MR) is 68.4 cm³/mol. The Bertz CT molecular complexity index is 457. The zero-order chi connectivity index (χ0) is 14.5. The molecule has 0 heterocycles. The van der Waals surface area contributed by atoms with Gasteiger partial charge in [0.1, 0.15) is 5.75 Å². The lowest BCUT2D eigenvalue weighted by atomic mass is 10.0. The number of rotatable bonds is 6. The Balaban J connectivity index is 2.84. The summed E-state index contributed by atoms with van der Waals surface area (Å²) in [5, 5.41) is 11.6. The minimum absolute atomic E-state index is 0.121. The van der Waals surface area contributed by atoms with Crippen LogP contribution in [0.5, 0.6) is 5.75 Å². The topological polar surface area (TPSA) is 84.9 Å². The van der Waals surface area contributed by atoms with E-state index in [0.717, 1.165) is 0 Å². The molecule has 0 fully saturated rings. The molecule has 0 bridgehead atoms. The van der Waals surface area contributed by atoms with Crippen molar-refractivity contribution >= 4 is 11.9 Å². The number of hydrogen-bond acceptors (Lipinski definition) is 4. The Morgan fingerprint density at radius 2 is 1.84 bits per heavy atom. The second kappa shape index (κ2) is 6.19. The largest absolute Gasteiger partial charge is 0.497 e. The van der Waals surface area contributed by atoms with E-state index in [-0.39, 0.29) is 6.61 Å². The van der Waals surface area contributed by atoms with Gasteiger partial charge >= 0.3 is 5.97 Å². The van der Waals surface area contributed by atoms with Gasteiger partial charge in [0.2, 0.25) is 0 Å². The van der Waals surface area contributed by atoms with Crippen LogP contribution < -0.4 is 10.1 Å². The maximum atomic E-state index is 12.0. The number of ether oxygens (including phenoxy) is 2. The fourth-order valence-electron chi connectivity index (χ4n) is 1.51. The van der Waals surface area contributed by atoms with Crippen LogP contribution in [0, 0.1) is 0 Å². The van der Waals surface area contributed by atoms with Gasteiger partial charge in [0, 0.05) is 12.7 Å². The fraction of sp³-hybridized carbons (Fsp3) is 0.385. The first-order valence-corrected chi connectivity index (χ1v) is 5.62. The number of nitrogens with one attached hydrogen (secondary N) is 1. The highest BCUT2D eigenvalue weighted by molar-refractivity contribution is 5.97. The molecule has 1 unspecified atom stereocenters. The van der Waals surface area contributed by atoms with Crippen LogP contribution in [0.4, 0.5) is 0 Å². The molecule has 1 amide bonds. The Morgan fingerprint density at radius 1 is 1.26 bits per heavy atom. The zero-order valence-electron chi connectivity index (χ0n) is 11.1. The molecule has 0 aromatic heterocycles. The molecule has 1 rings (SSSR count). The van der Waals surface area contributed by atoms with Crippen molar-refractivity contribution in [1.29, 1.82) is 0 Å². The SMILES string of the molecule is COCC(C)(NC(=O)c1ccc(OC)cc1)C(=O)O. The molecule has 0 saturated heterocycles. The number of benzene rings is 1. The summed E-state index contributed by atoms with van der Waals surface area (Å²) < 4.78 is 9.81. The second-order valence-electron chi connectivity index (χ2n) is 4.25. The fourth-order valence-corrected chi connectivity index (χ4v) is 1.51. The average molecular weight is 267 g/mol. The minimum atomic E-state index is -1.47. The van der Waals surface area contributed by atoms with Gasteiger partial charge in [0.25, 0.3) is 5.91 Å². The smallest absolute Gasteiger partial charge is 0.331 e. The molecule has 0 aliphatic carbocycles. The van der Waals surface area contributed by atoms with Gasteiger partial charge < -0.3 is 19.9 Å². The van der Waals surface area contributed by atoms with Gasteiger partial charge in [-0.1, -0.05) is 0 Å².